The van der Waals surface area contributed by atoms with Crippen molar-refractivity contribution in [1.29, 1.82) is 0 Å². The standard InChI is InChI=1S/C22H36N4O2/c1-22(2,3)28-17-19-7-5-6-18(14-19)15-24-21(23-4)26-9-8-20(16-26)25-10-12-27-13-11-25/h5-7,14,20H,8-13,15-17H2,1-4H3,(H,23,24). The molecule has 0 spiro atoms. The first-order valence-corrected chi connectivity index (χ1v) is 10.4. The summed E-state index contributed by atoms with van der Waals surface area (Å²) in [6.45, 7) is 13.6. The van der Waals surface area contributed by atoms with Gasteiger partial charge in [-0.15, -0.1) is 0 Å². The average molecular weight is 389 g/mol. The number of guanidine groups is 1. The van der Waals surface area contributed by atoms with E-state index in [-0.39, 0.29) is 5.60 Å². The van der Waals surface area contributed by atoms with Crippen molar-refractivity contribution in [2.45, 2.75) is 52.0 Å². The van der Waals surface area contributed by atoms with E-state index in [1.54, 1.807) is 0 Å². The number of ether oxygens (including phenoxy) is 2. The maximum Gasteiger partial charge on any atom is 0.193 e. The first-order chi connectivity index (χ1) is 13.4. The number of nitrogens with one attached hydrogen (secondary N) is 1. The van der Waals surface area contributed by atoms with E-state index in [2.05, 4.69) is 65.1 Å². The predicted molar refractivity (Wildman–Crippen MR) is 114 cm³/mol. The maximum atomic E-state index is 5.90. The summed E-state index contributed by atoms with van der Waals surface area (Å²) in [6.07, 6.45) is 1.19. The van der Waals surface area contributed by atoms with Gasteiger partial charge in [-0.1, -0.05) is 24.3 Å². The minimum atomic E-state index is -0.122. The van der Waals surface area contributed by atoms with Gasteiger partial charge in [0.25, 0.3) is 0 Å². The molecule has 2 heterocycles. The lowest BCUT2D eigenvalue weighted by Gasteiger charge is -2.32. The van der Waals surface area contributed by atoms with Crippen molar-refractivity contribution >= 4 is 5.96 Å². The number of nitrogens with zero attached hydrogens (tertiary/aromatic N) is 3. The number of hydrogen-bond acceptors (Lipinski definition) is 4. The van der Waals surface area contributed by atoms with Gasteiger partial charge >= 0.3 is 0 Å². The van der Waals surface area contributed by atoms with E-state index in [9.17, 15) is 0 Å². The van der Waals surface area contributed by atoms with E-state index in [1.165, 1.54) is 17.5 Å². The average Bonchev–Trinajstić information content (AvgIpc) is 3.17. The Hall–Kier alpha value is -1.63. The third-order valence-electron chi connectivity index (χ3n) is 5.35. The number of morpholine rings is 1. The molecule has 1 N–H and O–H groups in total. The minimum absolute atomic E-state index is 0.122. The second-order valence-corrected chi connectivity index (χ2v) is 8.66. The van der Waals surface area contributed by atoms with Crippen molar-refractivity contribution in [1.82, 2.24) is 15.1 Å². The van der Waals surface area contributed by atoms with Crippen molar-refractivity contribution in [3.8, 4) is 0 Å². The highest BCUT2D eigenvalue weighted by molar-refractivity contribution is 5.80. The van der Waals surface area contributed by atoms with Crippen LogP contribution in [-0.2, 0) is 22.6 Å². The summed E-state index contributed by atoms with van der Waals surface area (Å²) < 4.78 is 11.4. The molecule has 0 radical (unpaired) electrons. The van der Waals surface area contributed by atoms with Crippen molar-refractivity contribution in [3.63, 3.8) is 0 Å². The summed E-state index contributed by atoms with van der Waals surface area (Å²) in [5.41, 5.74) is 2.33. The van der Waals surface area contributed by atoms with Crippen LogP contribution in [0.25, 0.3) is 0 Å². The van der Waals surface area contributed by atoms with Crippen LogP contribution in [0.4, 0.5) is 0 Å². The van der Waals surface area contributed by atoms with Gasteiger partial charge in [0.1, 0.15) is 0 Å². The molecule has 3 rings (SSSR count). The Bertz CT molecular complexity index is 650. The molecule has 1 unspecified atom stereocenters. The maximum absolute atomic E-state index is 5.90. The van der Waals surface area contributed by atoms with Gasteiger partial charge in [0.2, 0.25) is 0 Å². The van der Waals surface area contributed by atoms with Crippen LogP contribution in [0.1, 0.15) is 38.3 Å². The van der Waals surface area contributed by atoms with Crippen LogP contribution in [0.15, 0.2) is 29.3 Å². The third kappa shape index (κ3) is 6.19. The van der Waals surface area contributed by atoms with E-state index < -0.39 is 0 Å². The molecule has 156 valence electrons. The number of aliphatic imine (C=N–C) groups is 1. The molecule has 28 heavy (non-hydrogen) atoms. The summed E-state index contributed by atoms with van der Waals surface area (Å²) in [5, 5.41) is 3.54. The highest BCUT2D eigenvalue weighted by Gasteiger charge is 2.30. The summed E-state index contributed by atoms with van der Waals surface area (Å²) in [6, 6.07) is 9.21. The number of rotatable bonds is 5. The molecule has 6 heteroatoms. The van der Waals surface area contributed by atoms with Crippen LogP contribution in [-0.4, -0.2) is 73.8 Å². The van der Waals surface area contributed by atoms with Crippen molar-refractivity contribution < 1.29 is 9.47 Å². The second-order valence-electron chi connectivity index (χ2n) is 8.66. The lowest BCUT2D eigenvalue weighted by molar-refractivity contribution is -0.0149. The molecule has 0 aliphatic carbocycles. The quantitative estimate of drug-likeness (QED) is 0.620. The highest BCUT2D eigenvalue weighted by atomic mass is 16.5. The zero-order valence-corrected chi connectivity index (χ0v) is 17.9. The Morgan fingerprint density at radius 3 is 2.68 bits per heavy atom. The van der Waals surface area contributed by atoms with E-state index in [4.69, 9.17) is 9.47 Å². The van der Waals surface area contributed by atoms with Gasteiger partial charge in [0, 0.05) is 45.8 Å². The van der Waals surface area contributed by atoms with Gasteiger partial charge < -0.3 is 19.7 Å². The summed E-state index contributed by atoms with van der Waals surface area (Å²) in [7, 11) is 1.87. The van der Waals surface area contributed by atoms with Crippen LogP contribution >= 0.6 is 0 Å². The van der Waals surface area contributed by atoms with Crippen molar-refractivity contribution in [3.05, 3.63) is 35.4 Å². The fourth-order valence-corrected chi connectivity index (χ4v) is 3.82. The number of benzene rings is 1. The predicted octanol–water partition coefficient (Wildman–Crippen LogP) is 2.48. The minimum Gasteiger partial charge on any atom is -0.379 e. The molecule has 1 atom stereocenters. The Labute approximate surface area is 169 Å². The van der Waals surface area contributed by atoms with Crippen molar-refractivity contribution in [2.75, 3.05) is 46.4 Å². The molecule has 2 aliphatic rings. The van der Waals surface area contributed by atoms with Crippen molar-refractivity contribution in [2.24, 2.45) is 4.99 Å². The van der Waals surface area contributed by atoms with Gasteiger partial charge in [-0.3, -0.25) is 9.89 Å². The Balaban J connectivity index is 1.50. The van der Waals surface area contributed by atoms with Crippen LogP contribution in [0.2, 0.25) is 0 Å². The third-order valence-corrected chi connectivity index (χ3v) is 5.35. The van der Waals surface area contributed by atoms with Crippen LogP contribution < -0.4 is 5.32 Å². The molecule has 0 bridgehead atoms. The molecule has 0 amide bonds. The molecular formula is C22H36N4O2. The molecule has 1 aromatic rings. The van der Waals surface area contributed by atoms with E-state index >= 15 is 0 Å². The zero-order valence-electron chi connectivity index (χ0n) is 17.9. The molecule has 1 aromatic carbocycles. The van der Waals surface area contributed by atoms with E-state index in [0.29, 0.717) is 12.6 Å². The van der Waals surface area contributed by atoms with Gasteiger partial charge in [0.15, 0.2) is 5.96 Å². The molecule has 0 aromatic heterocycles. The first kappa shape index (κ1) is 21.1. The summed E-state index contributed by atoms with van der Waals surface area (Å²) >= 11 is 0. The molecule has 2 saturated heterocycles. The van der Waals surface area contributed by atoms with Crippen LogP contribution in [0, 0.1) is 0 Å². The largest absolute Gasteiger partial charge is 0.379 e. The number of likely N-dealkylation sites (tertiary alicyclic amines) is 1. The van der Waals surface area contributed by atoms with E-state index in [1.807, 2.05) is 7.05 Å². The van der Waals surface area contributed by atoms with Gasteiger partial charge in [-0.2, -0.15) is 0 Å². The van der Waals surface area contributed by atoms with E-state index in [0.717, 1.165) is 51.9 Å². The van der Waals surface area contributed by atoms with Gasteiger partial charge in [-0.05, 0) is 38.3 Å². The lowest BCUT2D eigenvalue weighted by Crippen LogP contribution is -2.46. The van der Waals surface area contributed by atoms with Crippen LogP contribution in [0.3, 0.4) is 0 Å². The Kier molecular flexibility index (Phi) is 7.32. The Morgan fingerprint density at radius 2 is 1.96 bits per heavy atom. The normalized spacial score (nSPS) is 21.9. The Morgan fingerprint density at radius 1 is 1.21 bits per heavy atom. The molecule has 6 nitrogen and oxygen atoms in total. The number of hydrogen-bond donors (Lipinski definition) is 1. The lowest BCUT2D eigenvalue weighted by atomic mass is 10.1. The van der Waals surface area contributed by atoms with Crippen LogP contribution in [0.5, 0.6) is 0 Å². The second kappa shape index (κ2) is 9.72. The SMILES string of the molecule is CN=C(NCc1cccc(COC(C)(C)C)c1)N1CCC(N2CCOCC2)C1. The summed E-state index contributed by atoms with van der Waals surface area (Å²) in [5.74, 6) is 0.993. The topological polar surface area (TPSA) is 49.3 Å². The first-order valence-electron chi connectivity index (χ1n) is 10.4. The monoisotopic (exact) mass is 388 g/mol. The molecule has 2 aliphatic heterocycles. The smallest absolute Gasteiger partial charge is 0.193 e. The fraction of sp³-hybridized carbons (Fsp3) is 0.682. The van der Waals surface area contributed by atoms with Gasteiger partial charge in [0.05, 0.1) is 25.4 Å². The molecular weight excluding hydrogens is 352 g/mol. The molecule has 0 saturated carbocycles. The summed E-state index contributed by atoms with van der Waals surface area (Å²) in [4.78, 5) is 9.47. The zero-order chi connectivity index (χ0) is 20.0. The fourth-order valence-electron chi connectivity index (χ4n) is 3.82. The highest BCUT2D eigenvalue weighted by Crippen LogP contribution is 2.17. The molecule has 2 fully saturated rings. The van der Waals surface area contributed by atoms with Gasteiger partial charge in [-0.25, -0.2) is 0 Å².